The van der Waals surface area contributed by atoms with E-state index >= 15 is 0 Å². The predicted molar refractivity (Wildman–Crippen MR) is 106 cm³/mol. The number of aliphatic hydroxyl groups excluding tert-OH is 1. The minimum atomic E-state index is -1.19. The second kappa shape index (κ2) is 7.33. The van der Waals surface area contributed by atoms with E-state index in [2.05, 4.69) is 23.8 Å². The number of aryl methyl sites for hydroxylation is 1. The van der Waals surface area contributed by atoms with Crippen LogP contribution in [0.25, 0.3) is 10.3 Å². The number of alkyl halides is 1. The molecule has 2 aliphatic rings. The molecule has 0 bridgehead atoms. The number of piperidine rings is 1. The molecular formula is C20H29FN4OS. The summed E-state index contributed by atoms with van der Waals surface area (Å²) >= 11 is 1.70. The molecule has 0 spiro atoms. The molecule has 2 aromatic heterocycles. The summed E-state index contributed by atoms with van der Waals surface area (Å²) in [4.78, 5) is 17.2. The fourth-order valence-electron chi connectivity index (χ4n) is 4.25. The van der Waals surface area contributed by atoms with Gasteiger partial charge in [-0.05, 0) is 44.4 Å². The Balaban J connectivity index is 1.57. The normalized spacial score (nSPS) is 27.3. The maximum atomic E-state index is 13.9. The van der Waals surface area contributed by atoms with E-state index in [0.717, 1.165) is 21.9 Å². The smallest absolute Gasteiger partial charge is 0.147 e. The van der Waals surface area contributed by atoms with Gasteiger partial charge in [0, 0.05) is 25.6 Å². The molecule has 148 valence electrons. The van der Waals surface area contributed by atoms with Crippen LogP contribution < -0.4 is 0 Å². The van der Waals surface area contributed by atoms with Gasteiger partial charge in [-0.2, -0.15) is 0 Å². The predicted octanol–water partition coefficient (Wildman–Crippen LogP) is 3.98. The summed E-state index contributed by atoms with van der Waals surface area (Å²) in [6.45, 7) is 8.10. The molecule has 0 radical (unpaired) electrons. The lowest BCUT2D eigenvalue weighted by atomic mass is 9.73. The van der Waals surface area contributed by atoms with Gasteiger partial charge in [0.25, 0.3) is 0 Å². The van der Waals surface area contributed by atoms with Crippen molar-refractivity contribution in [3.63, 3.8) is 0 Å². The monoisotopic (exact) mass is 392 g/mol. The van der Waals surface area contributed by atoms with Crippen molar-refractivity contribution in [3.8, 4) is 0 Å². The number of likely N-dealkylation sites (tertiary alicyclic amines) is 1. The Morgan fingerprint density at radius 1 is 1.19 bits per heavy atom. The van der Waals surface area contributed by atoms with Gasteiger partial charge in [-0.15, -0.1) is 0 Å². The number of nitrogens with zero attached hydrogens (tertiary/aromatic N) is 4. The highest BCUT2D eigenvalue weighted by atomic mass is 32.1. The Kier molecular flexibility index (Phi) is 5.20. The van der Waals surface area contributed by atoms with Crippen LogP contribution in [0.3, 0.4) is 0 Å². The largest absolute Gasteiger partial charge is 0.390 e. The Labute approximate surface area is 164 Å². The summed E-state index contributed by atoms with van der Waals surface area (Å²) in [6, 6.07) is 0. The molecule has 1 aliphatic carbocycles. The molecule has 4 rings (SSSR count). The molecular weight excluding hydrogens is 363 g/mol. The molecule has 1 saturated heterocycles. The molecule has 0 unspecified atom stereocenters. The molecule has 3 heterocycles. The van der Waals surface area contributed by atoms with Crippen molar-refractivity contribution in [1.82, 2.24) is 19.9 Å². The first kappa shape index (κ1) is 19.2. The molecule has 27 heavy (non-hydrogen) atoms. The van der Waals surface area contributed by atoms with Gasteiger partial charge in [0.1, 0.15) is 22.3 Å². The highest BCUT2D eigenvalue weighted by molar-refractivity contribution is 7.18. The van der Waals surface area contributed by atoms with Gasteiger partial charge in [0.05, 0.1) is 16.8 Å². The van der Waals surface area contributed by atoms with E-state index in [4.69, 9.17) is 4.98 Å². The quantitative estimate of drug-likeness (QED) is 0.856. The molecule has 7 heteroatoms. The van der Waals surface area contributed by atoms with E-state index in [0.29, 0.717) is 30.8 Å². The summed E-state index contributed by atoms with van der Waals surface area (Å²) in [5, 5.41) is 10.8. The zero-order valence-electron chi connectivity index (χ0n) is 16.4. The van der Waals surface area contributed by atoms with Crippen molar-refractivity contribution in [2.75, 3.05) is 13.1 Å². The Morgan fingerprint density at radius 3 is 2.63 bits per heavy atom. The molecule has 1 N–H and O–H groups in total. The number of fused-ring (bicyclic) bond motifs is 1. The van der Waals surface area contributed by atoms with Crippen LogP contribution in [0.4, 0.5) is 4.39 Å². The summed E-state index contributed by atoms with van der Waals surface area (Å²) < 4.78 is 13.9. The molecule has 2 aromatic rings. The lowest BCUT2D eigenvalue weighted by Gasteiger charge is -2.33. The van der Waals surface area contributed by atoms with Crippen LogP contribution in [0.2, 0.25) is 0 Å². The molecule has 2 fully saturated rings. The first-order chi connectivity index (χ1) is 12.8. The van der Waals surface area contributed by atoms with Crippen molar-refractivity contribution in [2.45, 2.75) is 77.6 Å². The van der Waals surface area contributed by atoms with Gasteiger partial charge < -0.3 is 5.11 Å². The van der Waals surface area contributed by atoms with Crippen molar-refractivity contribution in [3.05, 3.63) is 16.5 Å². The molecule has 1 saturated carbocycles. The standard InChI is InChI=1S/C20H29FN4OS/c1-12-22-15(11-25-9-6-16(26)14(21)10-25)17-19(23-12)27-18(24-17)13-4-7-20(2,3)8-5-13/h13-14,16,26H,4-11H2,1-3H3/t14-,16+/m0/s1. The van der Waals surface area contributed by atoms with Crippen molar-refractivity contribution < 1.29 is 9.50 Å². The van der Waals surface area contributed by atoms with Crippen LogP contribution in [0.15, 0.2) is 0 Å². The average Bonchev–Trinajstić information content (AvgIpc) is 3.02. The van der Waals surface area contributed by atoms with Crippen molar-refractivity contribution >= 4 is 21.7 Å². The van der Waals surface area contributed by atoms with E-state index < -0.39 is 12.3 Å². The van der Waals surface area contributed by atoms with Crippen LogP contribution in [-0.4, -0.2) is 50.3 Å². The lowest BCUT2D eigenvalue weighted by molar-refractivity contribution is 0.00367. The van der Waals surface area contributed by atoms with Crippen LogP contribution >= 0.6 is 11.3 Å². The first-order valence-electron chi connectivity index (χ1n) is 9.99. The first-order valence-corrected chi connectivity index (χ1v) is 10.8. The third kappa shape index (κ3) is 4.15. The second-order valence-electron chi connectivity index (χ2n) is 8.97. The molecule has 0 aromatic carbocycles. The minimum Gasteiger partial charge on any atom is -0.390 e. The number of rotatable bonds is 3. The second-order valence-corrected chi connectivity index (χ2v) is 9.98. The van der Waals surface area contributed by atoms with Gasteiger partial charge >= 0.3 is 0 Å². The van der Waals surface area contributed by atoms with E-state index in [1.165, 1.54) is 30.7 Å². The Bertz CT molecular complexity index is 814. The fourth-order valence-corrected chi connectivity index (χ4v) is 5.43. The van der Waals surface area contributed by atoms with Crippen LogP contribution in [-0.2, 0) is 6.54 Å². The maximum absolute atomic E-state index is 13.9. The summed E-state index contributed by atoms with van der Waals surface area (Å²) in [5.74, 6) is 1.26. The van der Waals surface area contributed by atoms with Crippen molar-refractivity contribution in [2.24, 2.45) is 5.41 Å². The number of hydrogen-bond donors (Lipinski definition) is 1. The van der Waals surface area contributed by atoms with E-state index in [-0.39, 0.29) is 6.54 Å². The average molecular weight is 393 g/mol. The topological polar surface area (TPSA) is 62.1 Å². The summed E-state index contributed by atoms with van der Waals surface area (Å²) in [7, 11) is 0. The van der Waals surface area contributed by atoms with Crippen LogP contribution in [0.5, 0.6) is 0 Å². The fraction of sp³-hybridized carbons (Fsp3) is 0.750. The number of halogens is 1. The van der Waals surface area contributed by atoms with Crippen molar-refractivity contribution in [1.29, 1.82) is 0 Å². The Morgan fingerprint density at radius 2 is 1.93 bits per heavy atom. The molecule has 0 amide bonds. The van der Waals surface area contributed by atoms with Gasteiger partial charge in [-0.3, -0.25) is 4.90 Å². The third-order valence-corrected chi connectivity index (χ3v) is 7.22. The molecule has 2 atom stereocenters. The minimum absolute atomic E-state index is 0.250. The van der Waals surface area contributed by atoms with E-state index in [9.17, 15) is 9.50 Å². The van der Waals surface area contributed by atoms with Gasteiger partial charge in [0.2, 0.25) is 0 Å². The number of thiazole rings is 1. The zero-order valence-corrected chi connectivity index (χ0v) is 17.2. The third-order valence-electron chi connectivity index (χ3n) is 6.11. The zero-order chi connectivity index (χ0) is 19.2. The highest BCUT2D eigenvalue weighted by Crippen LogP contribution is 2.44. The van der Waals surface area contributed by atoms with Gasteiger partial charge in [0.15, 0.2) is 0 Å². The van der Waals surface area contributed by atoms with Gasteiger partial charge in [-0.25, -0.2) is 19.3 Å². The molecule has 5 nitrogen and oxygen atoms in total. The summed E-state index contributed by atoms with van der Waals surface area (Å²) in [5.41, 5.74) is 2.21. The lowest BCUT2D eigenvalue weighted by Crippen LogP contribution is -2.44. The Hall–Kier alpha value is -1.18. The number of hydrogen-bond acceptors (Lipinski definition) is 6. The maximum Gasteiger partial charge on any atom is 0.147 e. The summed E-state index contributed by atoms with van der Waals surface area (Å²) in [6.07, 6.45) is 3.28. The van der Waals surface area contributed by atoms with E-state index in [1.807, 2.05) is 11.8 Å². The van der Waals surface area contributed by atoms with Crippen LogP contribution in [0.1, 0.15) is 68.4 Å². The number of aromatic nitrogens is 3. The SMILES string of the molecule is Cc1nc(CN2CC[C@@H](O)[C@@H](F)C2)c2nc(C3CCC(C)(C)CC3)sc2n1. The van der Waals surface area contributed by atoms with Crippen LogP contribution in [0, 0.1) is 12.3 Å². The van der Waals surface area contributed by atoms with E-state index in [1.54, 1.807) is 11.3 Å². The highest BCUT2D eigenvalue weighted by Gasteiger charge is 2.31. The van der Waals surface area contributed by atoms with Gasteiger partial charge in [-0.1, -0.05) is 25.2 Å². The number of aliphatic hydroxyl groups is 1. The molecule has 1 aliphatic heterocycles.